The lowest BCUT2D eigenvalue weighted by molar-refractivity contribution is 0.375. The van der Waals surface area contributed by atoms with Crippen molar-refractivity contribution in [3.05, 3.63) is 0 Å². The molecule has 0 aromatic rings. The highest BCUT2D eigenvalue weighted by atomic mass is 32.2. The van der Waals surface area contributed by atoms with Gasteiger partial charge < -0.3 is 5.32 Å². The Morgan fingerprint density at radius 1 is 1.06 bits per heavy atom. The van der Waals surface area contributed by atoms with E-state index in [9.17, 15) is 8.42 Å². The number of nitrogens with one attached hydrogen (secondary N) is 1. The predicted octanol–water partition coefficient (Wildman–Crippen LogP) is 2.62. The maximum Gasteiger partial charge on any atom is 0.150 e. The number of sulfone groups is 1. The molecule has 0 aromatic heterocycles. The monoisotopic (exact) mass is 263 g/mol. The Labute approximate surface area is 107 Å². The van der Waals surface area contributed by atoms with E-state index in [1.54, 1.807) is 0 Å². The van der Waals surface area contributed by atoms with E-state index in [1.807, 2.05) is 6.92 Å². The molecule has 0 aliphatic carbocycles. The van der Waals surface area contributed by atoms with Crippen LogP contribution in [0.15, 0.2) is 0 Å². The Kier molecular flexibility index (Phi) is 8.88. The Morgan fingerprint density at radius 2 is 1.71 bits per heavy atom. The molecule has 104 valence electrons. The molecule has 17 heavy (non-hydrogen) atoms. The van der Waals surface area contributed by atoms with Crippen LogP contribution in [0.4, 0.5) is 0 Å². The van der Waals surface area contributed by atoms with Gasteiger partial charge in [0, 0.05) is 11.8 Å². The molecule has 4 heteroatoms. The topological polar surface area (TPSA) is 46.2 Å². The maximum absolute atomic E-state index is 11.6. The van der Waals surface area contributed by atoms with Gasteiger partial charge in [0.05, 0.1) is 5.75 Å². The van der Waals surface area contributed by atoms with Crippen molar-refractivity contribution < 1.29 is 8.42 Å². The van der Waals surface area contributed by atoms with Crippen molar-refractivity contribution in [2.75, 3.05) is 18.1 Å². The molecule has 0 bridgehead atoms. The molecule has 0 amide bonds. The number of hydrogen-bond donors (Lipinski definition) is 1. The number of rotatable bonds is 10. The maximum atomic E-state index is 11.6. The lowest BCUT2D eigenvalue weighted by Gasteiger charge is -2.22. The van der Waals surface area contributed by atoms with Gasteiger partial charge in [0.15, 0.2) is 0 Å². The highest BCUT2D eigenvalue weighted by Crippen LogP contribution is 2.10. The minimum Gasteiger partial charge on any atom is -0.314 e. The normalized spacial score (nSPS) is 14.2. The van der Waals surface area contributed by atoms with Crippen LogP contribution in [-0.4, -0.2) is 32.5 Å². The largest absolute Gasteiger partial charge is 0.314 e. The summed E-state index contributed by atoms with van der Waals surface area (Å²) in [5.41, 5.74) is 0. The average Bonchev–Trinajstić information content (AvgIpc) is 2.22. The fourth-order valence-corrected chi connectivity index (χ4v) is 3.37. The summed E-state index contributed by atoms with van der Waals surface area (Å²) >= 11 is 0. The molecular weight excluding hydrogens is 234 g/mol. The van der Waals surface area contributed by atoms with Crippen molar-refractivity contribution >= 4 is 9.84 Å². The molecule has 0 radical (unpaired) electrons. The summed E-state index contributed by atoms with van der Waals surface area (Å²) < 4.78 is 23.2. The van der Waals surface area contributed by atoms with Crippen LogP contribution in [0.1, 0.15) is 53.4 Å². The van der Waals surface area contributed by atoms with E-state index in [0.29, 0.717) is 23.5 Å². The van der Waals surface area contributed by atoms with Crippen LogP contribution in [0.25, 0.3) is 0 Å². The first-order valence-electron chi connectivity index (χ1n) is 6.86. The van der Waals surface area contributed by atoms with Crippen molar-refractivity contribution in [1.82, 2.24) is 5.32 Å². The van der Waals surface area contributed by atoms with Crippen molar-refractivity contribution in [2.45, 2.75) is 59.4 Å². The van der Waals surface area contributed by atoms with Gasteiger partial charge in [0.1, 0.15) is 9.84 Å². The van der Waals surface area contributed by atoms with E-state index in [2.05, 4.69) is 26.1 Å². The van der Waals surface area contributed by atoms with Gasteiger partial charge in [-0.2, -0.15) is 0 Å². The lowest BCUT2D eigenvalue weighted by atomic mass is 9.99. The quantitative estimate of drug-likeness (QED) is 0.659. The van der Waals surface area contributed by atoms with E-state index in [0.717, 1.165) is 32.2 Å². The third-order valence-electron chi connectivity index (χ3n) is 2.95. The van der Waals surface area contributed by atoms with Crippen LogP contribution >= 0.6 is 0 Å². The Bertz CT molecular complexity index is 273. The molecule has 0 spiro atoms. The van der Waals surface area contributed by atoms with Crippen molar-refractivity contribution in [2.24, 2.45) is 5.92 Å². The molecular formula is C13H29NO2S. The summed E-state index contributed by atoms with van der Waals surface area (Å²) in [5.74, 6) is 1.25. The predicted molar refractivity (Wildman–Crippen MR) is 75.1 cm³/mol. The zero-order valence-electron chi connectivity index (χ0n) is 11.8. The van der Waals surface area contributed by atoms with Gasteiger partial charge in [-0.15, -0.1) is 0 Å². The van der Waals surface area contributed by atoms with E-state index in [1.165, 1.54) is 0 Å². The Hall–Kier alpha value is -0.0900. The summed E-state index contributed by atoms with van der Waals surface area (Å²) in [6.07, 6.45) is 3.59. The van der Waals surface area contributed by atoms with Gasteiger partial charge in [0.25, 0.3) is 0 Å². The molecule has 0 rings (SSSR count). The van der Waals surface area contributed by atoms with Crippen LogP contribution < -0.4 is 5.32 Å². The molecule has 3 nitrogen and oxygen atoms in total. The molecule has 1 N–H and O–H groups in total. The van der Waals surface area contributed by atoms with Crippen LogP contribution in [0.3, 0.4) is 0 Å². The summed E-state index contributed by atoms with van der Waals surface area (Å²) in [7, 11) is -2.80. The Morgan fingerprint density at radius 3 is 2.18 bits per heavy atom. The first kappa shape index (κ1) is 16.9. The fourth-order valence-electron chi connectivity index (χ4n) is 1.94. The molecule has 0 aromatic carbocycles. The SMILES string of the molecule is CCCNC(CCCS(=O)(=O)CCC)C(C)C. The second-order valence-corrected chi connectivity index (χ2v) is 7.40. The Balaban J connectivity index is 3.97. The fraction of sp³-hybridized carbons (Fsp3) is 1.00. The van der Waals surface area contributed by atoms with Gasteiger partial charge in [-0.25, -0.2) is 8.42 Å². The first-order valence-corrected chi connectivity index (χ1v) is 8.68. The number of hydrogen-bond acceptors (Lipinski definition) is 3. The molecule has 0 heterocycles. The summed E-state index contributed by atoms with van der Waals surface area (Å²) in [6.45, 7) is 9.46. The molecule has 0 aliphatic heterocycles. The molecule has 0 fully saturated rings. The van der Waals surface area contributed by atoms with Crippen LogP contribution in [0, 0.1) is 5.92 Å². The van der Waals surface area contributed by atoms with Gasteiger partial charge in [-0.05, 0) is 38.1 Å². The van der Waals surface area contributed by atoms with Gasteiger partial charge in [-0.1, -0.05) is 27.7 Å². The molecule has 1 unspecified atom stereocenters. The summed E-state index contributed by atoms with van der Waals surface area (Å²) in [4.78, 5) is 0. The molecule has 1 atom stereocenters. The van der Waals surface area contributed by atoms with Gasteiger partial charge in [0.2, 0.25) is 0 Å². The molecule has 0 aliphatic rings. The standard InChI is InChI=1S/C13H29NO2S/c1-5-9-14-13(12(3)4)8-7-11-17(15,16)10-6-2/h12-14H,5-11H2,1-4H3. The van der Waals surface area contributed by atoms with Gasteiger partial charge in [-0.3, -0.25) is 0 Å². The van der Waals surface area contributed by atoms with E-state index in [4.69, 9.17) is 0 Å². The lowest BCUT2D eigenvalue weighted by Crippen LogP contribution is -2.34. The van der Waals surface area contributed by atoms with Crippen molar-refractivity contribution in [3.8, 4) is 0 Å². The highest BCUT2D eigenvalue weighted by molar-refractivity contribution is 7.91. The van der Waals surface area contributed by atoms with Gasteiger partial charge >= 0.3 is 0 Å². The zero-order chi connectivity index (χ0) is 13.3. The van der Waals surface area contributed by atoms with Crippen molar-refractivity contribution in [3.63, 3.8) is 0 Å². The van der Waals surface area contributed by atoms with Crippen LogP contribution in [0.2, 0.25) is 0 Å². The smallest absolute Gasteiger partial charge is 0.150 e. The zero-order valence-corrected chi connectivity index (χ0v) is 12.6. The molecule has 0 saturated heterocycles. The average molecular weight is 263 g/mol. The third kappa shape index (κ3) is 8.61. The van der Waals surface area contributed by atoms with E-state index < -0.39 is 9.84 Å². The molecule has 0 saturated carbocycles. The van der Waals surface area contributed by atoms with Crippen LogP contribution in [0.5, 0.6) is 0 Å². The minimum absolute atomic E-state index is 0.335. The van der Waals surface area contributed by atoms with Crippen molar-refractivity contribution in [1.29, 1.82) is 0 Å². The third-order valence-corrected chi connectivity index (χ3v) is 4.89. The second-order valence-electron chi connectivity index (χ2n) is 5.10. The minimum atomic E-state index is -2.80. The van der Waals surface area contributed by atoms with E-state index in [-0.39, 0.29) is 0 Å². The van der Waals surface area contributed by atoms with E-state index >= 15 is 0 Å². The first-order chi connectivity index (χ1) is 7.93. The summed E-state index contributed by atoms with van der Waals surface area (Å²) in [5, 5.41) is 3.49. The second kappa shape index (κ2) is 8.92. The highest BCUT2D eigenvalue weighted by Gasteiger charge is 2.14. The van der Waals surface area contributed by atoms with Crippen LogP contribution in [-0.2, 0) is 9.84 Å². The summed E-state index contributed by atoms with van der Waals surface area (Å²) in [6, 6.07) is 0.451.